The molecule has 0 aromatic heterocycles. The lowest BCUT2D eigenvalue weighted by molar-refractivity contribution is 0.502. The molecular formula is C9H14BrN. The van der Waals surface area contributed by atoms with E-state index < -0.39 is 0 Å². The van der Waals surface area contributed by atoms with E-state index in [0.29, 0.717) is 0 Å². The second-order valence-corrected chi connectivity index (χ2v) is 5.13. The molecule has 0 radical (unpaired) electrons. The summed E-state index contributed by atoms with van der Waals surface area (Å²) in [5, 5.41) is 8.86. The van der Waals surface area contributed by atoms with Gasteiger partial charge in [-0.1, -0.05) is 35.7 Å². The molecule has 2 atom stereocenters. The molecule has 1 nitrogen and oxygen atoms in total. The summed E-state index contributed by atoms with van der Waals surface area (Å²) in [4.78, 5) is 0. The van der Waals surface area contributed by atoms with Crippen LogP contribution in [0.4, 0.5) is 0 Å². The Morgan fingerprint density at radius 3 is 2.82 bits per heavy atom. The Balaban J connectivity index is 2.54. The molecule has 0 aromatic rings. The second kappa shape index (κ2) is 3.58. The maximum absolute atomic E-state index is 8.86. The molecule has 0 heterocycles. The minimum Gasteiger partial charge on any atom is -0.197 e. The van der Waals surface area contributed by atoms with E-state index in [4.69, 9.17) is 5.26 Å². The molecule has 0 aliphatic heterocycles. The highest BCUT2D eigenvalue weighted by molar-refractivity contribution is 9.10. The zero-order valence-corrected chi connectivity index (χ0v) is 8.52. The molecule has 0 N–H and O–H groups in total. The van der Waals surface area contributed by atoms with Crippen LogP contribution in [0.1, 0.15) is 39.0 Å². The van der Waals surface area contributed by atoms with Crippen molar-refractivity contribution in [1.82, 2.24) is 0 Å². The van der Waals surface area contributed by atoms with E-state index in [-0.39, 0.29) is 4.32 Å². The third-order valence-corrected chi connectivity index (χ3v) is 3.47. The van der Waals surface area contributed by atoms with Crippen LogP contribution in [0.2, 0.25) is 0 Å². The summed E-state index contributed by atoms with van der Waals surface area (Å²) in [6.07, 6.45) is 5.71. The molecular weight excluding hydrogens is 202 g/mol. The first-order valence-corrected chi connectivity index (χ1v) is 5.06. The van der Waals surface area contributed by atoms with E-state index in [9.17, 15) is 0 Å². The zero-order valence-electron chi connectivity index (χ0n) is 6.94. The Morgan fingerprint density at radius 2 is 2.18 bits per heavy atom. The SMILES string of the molecule is CC1CCCC(Br)(C#N)CC1. The number of halogens is 1. The maximum Gasteiger partial charge on any atom is 0.112 e. The van der Waals surface area contributed by atoms with E-state index in [1.54, 1.807) is 0 Å². The first kappa shape index (κ1) is 9.06. The number of alkyl halides is 1. The van der Waals surface area contributed by atoms with Crippen LogP contribution in [0, 0.1) is 17.2 Å². The molecule has 62 valence electrons. The standard InChI is InChI=1S/C9H14BrN/c1-8-3-2-5-9(10,7-11)6-4-8/h8H,2-6H2,1H3. The normalized spacial score (nSPS) is 39.2. The van der Waals surface area contributed by atoms with Crippen molar-refractivity contribution in [1.29, 1.82) is 5.26 Å². The van der Waals surface area contributed by atoms with Gasteiger partial charge in [-0.25, -0.2) is 0 Å². The molecule has 0 aromatic carbocycles. The van der Waals surface area contributed by atoms with Crippen LogP contribution in [0.25, 0.3) is 0 Å². The largest absolute Gasteiger partial charge is 0.197 e. The first-order chi connectivity index (χ1) is 5.16. The Morgan fingerprint density at radius 1 is 1.45 bits per heavy atom. The lowest BCUT2D eigenvalue weighted by Crippen LogP contribution is -2.16. The van der Waals surface area contributed by atoms with E-state index >= 15 is 0 Å². The maximum atomic E-state index is 8.86. The van der Waals surface area contributed by atoms with Gasteiger partial charge >= 0.3 is 0 Å². The predicted octanol–water partition coefficient (Wildman–Crippen LogP) is 3.24. The van der Waals surface area contributed by atoms with Gasteiger partial charge in [-0.15, -0.1) is 0 Å². The monoisotopic (exact) mass is 215 g/mol. The minimum absolute atomic E-state index is 0.197. The third kappa shape index (κ3) is 2.48. The van der Waals surface area contributed by atoms with Crippen LogP contribution < -0.4 is 0 Å². The fraction of sp³-hybridized carbons (Fsp3) is 0.889. The smallest absolute Gasteiger partial charge is 0.112 e. The molecule has 0 spiro atoms. The molecule has 0 bridgehead atoms. The van der Waals surface area contributed by atoms with Gasteiger partial charge < -0.3 is 0 Å². The molecule has 0 saturated heterocycles. The highest BCUT2D eigenvalue weighted by atomic mass is 79.9. The number of hydrogen-bond donors (Lipinski definition) is 0. The summed E-state index contributed by atoms with van der Waals surface area (Å²) in [6.45, 7) is 2.27. The lowest BCUT2D eigenvalue weighted by atomic mass is 10.0. The van der Waals surface area contributed by atoms with Crippen LogP contribution in [0.3, 0.4) is 0 Å². The highest BCUT2D eigenvalue weighted by Gasteiger charge is 2.28. The molecule has 2 heteroatoms. The molecule has 1 saturated carbocycles. The highest BCUT2D eigenvalue weighted by Crippen LogP contribution is 2.35. The van der Waals surface area contributed by atoms with Crippen LogP contribution in [-0.2, 0) is 0 Å². The van der Waals surface area contributed by atoms with E-state index in [2.05, 4.69) is 28.9 Å². The lowest BCUT2D eigenvalue weighted by Gasteiger charge is -2.15. The summed E-state index contributed by atoms with van der Waals surface area (Å²) in [5.41, 5.74) is 0. The van der Waals surface area contributed by atoms with E-state index in [1.165, 1.54) is 19.3 Å². The van der Waals surface area contributed by atoms with Gasteiger partial charge in [0.25, 0.3) is 0 Å². The number of rotatable bonds is 0. The third-order valence-electron chi connectivity index (χ3n) is 2.50. The average Bonchev–Trinajstić information content (AvgIpc) is 2.15. The van der Waals surface area contributed by atoms with Gasteiger partial charge in [0.1, 0.15) is 4.32 Å². The van der Waals surface area contributed by atoms with Crippen molar-refractivity contribution in [3.8, 4) is 6.07 Å². The molecule has 1 aliphatic rings. The topological polar surface area (TPSA) is 23.8 Å². The quantitative estimate of drug-likeness (QED) is 0.450. The molecule has 0 amide bonds. The number of nitriles is 1. The molecule has 1 fully saturated rings. The van der Waals surface area contributed by atoms with Gasteiger partial charge in [-0.3, -0.25) is 0 Å². The first-order valence-electron chi connectivity index (χ1n) is 4.26. The van der Waals surface area contributed by atoms with E-state index in [1.807, 2.05) is 0 Å². The van der Waals surface area contributed by atoms with Gasteiger partial charge in [0.15, 0.2) is 0 Å². The Bertz CT molecular complexity index is 173. The Kier molecular flexibility index (Phi) is 2.95. The van der Waals surface area contributed by atoms with Crippen LogP contribution in [-0.4, -0.2) is 4.32 Å². The van der Waals surface area contributed by atoms with Crippen molar-refractivity contribution in [2.75, 3.05) is 0 Å². The van der Waals surface area contributed by atoms with Crippen LogP contribution in [0.15, 0.2) is 0 Å². The summed E-state index contributed by atoms with van der Waals surface area (Å²) in [6, 6.07) is 2.36. The minimum atomic E-state index is -0.197. The Labute approximate surface area is 76.9 Å². The van der Waals surface area contributed by atoms with Crippen LogP contribution >= 0.6 is 15.9 Å². The van der Waals surface area contributed by atoms with Crippen LogP contribution in [0.5, 0.6) is 0 Å². The summed E-state index contributed by atoms with van der Waals surface area (Å²) in [5.74, 6) is 0.808. The summed E-state index contributed by atoms with van der Waals surface area (Å²) < 4.78 is -0.197. The van der Waals surface area contributed by atoms with Crippen molar-refractivity contribution in [2.45, 2.75) is 43.4 Å². The zero-order chi connectivity index (χ0) is 8.32. The van der Waals surface area contributed by atoms with Gasteiger partial charge in [-0.05, 0) is 25.2 Å². The van der Waals surface area contributed by atoms with Gasteiger partial charge in [-0.2, -0.15) is 5.26 Å². The average molecular weight is 216 g/mol. The number of nitrogens with zero attached hydrogens (tertiary/aromatic N) is 1. The second-order valence-electron chi connectivity index (χ2n) is 3.61. The molecule has 1 rings (SSSR count). The molecule has 1 aliphatic carbocycles. The van der Waals surface area contributed by atoms with Crippen molar-refractivity contribution in [3.05, 3.63) is 0 Å². The molecule has 11 heavy (non-hydrogen) atoms. The Hall–Kier alpha value is -0.0300. The van der Waals surface area contributed by atoms with Crippen molar-refractivity contribution >= 4 is 15.9 Å². The fourth-order valence-electron chi connectivity index (χ4n) is 1.59. The van der Waals surface area contributed by atoms with Gasteiger partial charge in [0.05, 0.1) is 6.07 Å². The van der Waals surface area contributed by atoms with Crippen molar-refractivity contribution in [3.63, 3.8) is 0 Å². The van der Waals surface area contributed by atoms with Gasteiger partial charge in [0, 0.05) is 0 Å². The predicted molar refractivity (Wildman–Crippen MR) is 49.5 cm³/mol. The van der Waals surface area contributed by atoms with Crippen molar-refractivity contribution in [2.24, 2.45) is 5.92 Å². The van der Waals surface area contributed by atoms with Gasteiger partial charge in [0.2, 0.25) is 0 Å². The van der Waals surface area contributed by atoms with Crippen molar-refractivity contribution < 1.29 is 0 Å². The fourth-order valence-corrected chi connectivity index (χ4v) is 2.10. The summed E-state index contributed by atoms with van der Waals surface area (Å²) >= 11 is 3.51. The summed E-state index contributed by atoms with van der Waals surface area (Å²) in [7, 11) is 0. The van der Waals surface area contributed by atoms with E-state index in [0.717, 1.165) is 18.8 Å². The number of hydrogen-bond acceptors (Lipinski definition) is 1. The molecule has 2 unspecified atom stereocenters.